The first-order valence-electron chi connectivity index (χ1n) is 35.7. The number of furan rings is 4. The summed E-state index contributed by atoms with van der Waals surface area (Å²) in [5, 5.41) is 24.6. The fraction of sp³-hybridized carbons (Fsp3) is 0.0400. The number of hydrogen-bond donors (Lipinski definition) is 0. The quantitative estimate of drug-likeness (QED) is 0.176. The Bertz CT molecular complexity index is 7130. The molecule has 0 aliphatic carbocycles. The zero-order valence-corrected chi connectivity index (χ0v) is 58.0. The molecule has 4 nitrogen and oxygen atoms in total. The van der Waals surface area contributed by atoms with Crippen LogP contribution in [0.3, 0.4) is 0 Å². The predicted octanol–water partition coefficient (Wildman–Crippen LogP) is 29.2. The van der Waals surface area contributed by atoms with E-state index in [2.05, 4.69) is 355 Å². The van der Waals surface area contributed by atoms with Crippen molar-refractivity contribution in [3.8, 4) is 44.5 Å². The molecule has 0 bridgehead atoms. The Morgan fingerprint density at radius 2 is 0.433 bits per heavy atom. The SMILES string of the molecule is Cc1cc2ccccc2c2c1oc1c(-c3cccc4ccccc34)cccc12.Cc1cc2ccccc2c2c1oc1c(-c3ccccc3)cccc12.Cc1cccc2c1oc1c(-c3cccc4ccccc34)cc3ccccc3c12.Cc1cccc2c1oc1c(-c3ccccc3)cc3ccccc3c12. The summed E-state index contributed by atoms with van der Waals surface area (Å²) in [5.74, 6) is 0. The zero-order chi connectivity index (χ0) is 69.5. The molecule has 0 unspecified atom stereocenters. The molecule has 492 valence electrons. The largest absolute Gasteiger partial charge is 0.455 e. The first kappa shape index (κ1) is 61.8. The summed E-state index contributed by atoms with van der Waals surface area (Å²) in [4.78, 5) is 0. The van der Waals surface area contributed by atoms with Gasteiger partial charge in [0.05, 0.1) is 0 Å². The molecule has 0 saturated carbocycles. The van der Waals surface area contributed by atoms with Crippen LogP contribution in [-0.4, -0.2) is 0 Å². The van der Waals surface area contributed by atoms with E-state index >= 15 is 0 Å². The van der Waals surface area contributed by atoms with Crippen LogP contribution in [-0.2, 0) is 0 Å². The van der Waals surface area contributed by atoms with Gasteiger partial charge in [-0.2, -0.15) is 0 Å². The van der Waals surface area contributed by atoms with Crippen molar-refractivity contribution in [1.29, 1.82) is 0 Å². The molecular formula is C100H68O4. The zero-order valence-electron chi connectivity index (χ0n) is 58.0. The van der Waals surface area contributed by atoms with E-state index in [1.165, 1.54) is 152 Å². The second kappa shape index (κ2) is 25.4. The number of para-hydroxylation sites is 4. The third-order valence-electron chi connectivity index (χ3n) is 21.1. The highest BCUT2D eigenvalue weighted by atomic mass is 16.3. The monoisotopic (exact) mass is 1330 g/mol. The molecule has 0 saturated heterocycles. The van der Waals surface area contributed by atoms with E-state index < -0.39 is 0 Å². The minimum absolute atomic E-state index is 0.966. The van der Waals surface area contributed by atoms with E-state index in [9.17, 15) is 0 Å². The molecule has 0 spiro atoms. The molecule has 0 atom stereocenters. The molecule has 104 heavy (non-hydrogen) atoms. The van der Waals surface area contributed by atoms with Gasteiger partial charge in [-0.15, -0.1) is 0 Å². The molecular weight excluding hydrogens is 1270 g/mol. The van der Waals surface area contributed by atoms with Gasteiger partial charge in [0.25, 0.3) is 0 Å². The second-order valence-corrected chi connectivity index (χ2v) is 27.4. The van der Waals surface area contributed by atoms with Crippen LogP contribution in [0, 0.1) is 27.7 Å². The minimum Gasteiger partial charge on any atom is -0.455 e. The fourth-order valence-electron chi connectivity index (χ4n) is 16.2. The molecule has 0 aliphatic heterocycles. The lowest BCUT2D eigenvalue weighted by Gasteiger charge is -2.10. The highest BCUT2D eigenvalue weighted by Crippen LogP contribution is 2.47. The van der Waals surface area contributed by atoms with E-state index in [0.29, 0.717) is 0 Å². The minimum atomic E-state index is 0.966. The molecule has 22 aromatic rings. The Hall–Kier alpha value is -13.3. The van der Waals surface area contributed by atoms with E-state index in [4.69, 9.17) is 17.7 Å². The molecule has 22 rings (SSSR count). The van der Waals surface area contributed by atoms with Gasteiger partial charge < -0.3 is 17.7 Å². The van der Waals surface area contributed by atoms with Gasteiger partial charge in [-0.3, -0.25) is 0 Å². The van der Waals surface area contributed by atoms with Crippen LogP contribution in [0.25, 0.3) is 197 Å². The maximum absolute atomic E-state index is 6.53. The first-order valence-corrected chi connectivity index (χ1v) is 35.7. The molecule has 0 N–H and O–H groups in total. The van der Waals surface area contributed by atoms with Crippen LogP contribution in [0.5, 0.6) is 0 Å². The molecule has 4 aromatic heterocycles. The number of aryl methyl sites for hydroxylation is 4. The van der Waals surface area contributed by atoms with Crippen LogP contribution in [0.2, 0.25) is 0 Å². The molecule has 4 heterocycles. The predicted molar refractivity (Wildman–Crippen MR) is 441 cm³/mol. The Morgan fingerprint density at radius 1 is 0.154 bits per heavy atom. The summed E-state index contributed by atoms with van der Waals surface area (Å²) in [5.41, 5.74) is 21.9. The molecule has 0 amide bonds. The van der Waals surface area contributed by atoms with Gasteiger partial charge in [-0.1, -0.05) is 315 Å². The Balaban J connectivity index is 0.0000000957. The van der Waals surface area contributed by atoms with Gasteiger partial charge in [0.2, 0.25) is 0 Å². The first-order chi connectivity index (χ1) is 51.3. The van der Waals surface area contributed by atoms with Crippen LogP contribution >= 0.6 is 0 Å². The Kier molecular flexibility index (Phi) is 15.1. The van der Waals surface area contributed by atoms with E-state index in [1.54, 1.807) is 0 Å². The van der Waals surface area contributed by atoms with E-state index in [1.807, 2.05) is 12.1 Å². The van der Waals surface area contributed by atoms with Crippen molar-refractivity contribution < 1.29 is 17.7 Å². The van der Waals surface area contributed by atoms with Crippen LogP contribution in [0.15, 0.2) is 357 Å². The second-order valence-electron chi connectivity index (χ2n) is 27.4. The molecule has 0 fully saturated rings. The smallest absolute Gasteiger partial charge is 0.143 e. The van der Waals surface area contributed by atoms with Crippen molar-refractivity contribution in [2.24, 2.45) is 0 Å². The molecule has 4 heteroatoms. The highest BCUT2D eigenvalue weighted by molar-refractivity contribution is 6.27. The summed E-state index contributed by atoms with van der Waals surface area (Å²) >= 11 is 0. The lowest BCUT2D eigenvalue weighted by molar-refractivity contribution is 0.667. The lowest BCUT2D eigenvalue weighted by Crippen LogP contribution is -1.84. The van der Waals surface area contributed by atoms with E-state index in [-0.39, 0.29) is 0 Å². The number of rotatable bonds is 4. The van der Waals surface area contributed by atoms with Crippen molar-refractivity contribution in [2.45, 2.75) is 27.7 Å². The van der Waals surface area contributed by atoms with Gasteiger partial charge in [0, 0.05) is 65.3 Å². The maximum atomic E-state index is 6.53. The third kappa shape index (κ3) is 10.4. The van der Waals surface area contributed by atoms with Gasteiger partial charge in [-0.25, -0.2) is 0 Å². The van der Waals surface area contributed by atoms with Crippen LogP contribution in [0.4, 0.5) is 0 Å². The van der Waals surface area contributed by atoms with Crippen molar-refractivity contribution in [1.82, 2.24) is 0 Å². The average molecular weight is 1330 g/mol. The van der Waals surface area contributed by atoms with Crippen LogP contribution < -0.4 is 0 Å². The van der Waals surface area contributed by atoms with Crippen molar-refractivity contribution in [3.05, 3.63) is 362 Å². The average Bonchev–Trinajstić information content (AvgIpc) is 1.58. The highest BCUT2D eigenvalue weighted by Gasteiger charge is 2.22. The third-order valence-corrected chi connectivity index (χ3v) is 21.1. The van der Waals surface area contributed by atoms with Gasteiger partial charge >= 0.3 is 0 Å². The summed E-state index contributed by atoms with van der Waals surface area (Å²) in [6, 6.07) is 120. The summed E-state index contributed by atoms with van der Waals surface area (Å²) < 4.78 is 25.8. The fourth-order valence-corrected chi connectivity index (χ4v) is 16.2. The molecule has 18 aromatic carbocycles. The molecule has 0 radical (unpaired) electrons. The number of hydrogen-bond acceptors (Lipinski definition) is 4. The summed E-state index contributed by atoms with van der Waals surface area (Å²) in [6.07, 6.45) is 0. The maximum Gasteiger partial charge on any atom is 0.143 e. The van der Waals surface area contributed by atoms with Gasteiger partial charge in [0.1, 0.15) is 44.7 Å². The van der Waals surface area contributed by atoms with Crippen molar-refractivity contribution in [2.75, 3.05) is 0 Å². The van der Waals surface area contributed by atoms with Crippen molar-refractivity contribution in [3.63, 3.8) is 0 Å². The van der Waals surface area contributed by atoms with Crippen LogP contribution in [0.1, 0.15) is 22.3 Å². The van der Waals surface area contributed by atoms with Gasteiger partial charge in [-0.05, 0) is 161 Å². The number of fused-ring (bicyclic) bond motifs is 22. The number of benzene rings is 18. The van der Waals surface area contributed by atoms with E-state index in [0.717, 1.165) is 66.9 Å². The normalized spacial score (nSPS) is 11.7. The lowest BCUT2D eigenvalue weighted by atomic mass is 9.93. The topological polar surface area (TPSA) is 52.6 Å². The Morgan fingerprint density at radius 3 is 0.894 bits per heavy atom. The summed E-state index contributed by atoms with van der Waals surface area (Å²) in [7, 11) is 0. The molecule has 0 aliphatic rings. The van der Waals surface area contributed by atoms with Crippen molar-refractivity contribution >= 4 is 152 Å². The Labute approximate surface area is 600 Å². The summed E-state index contributed by atoms with van der Waals surface area (Å²) in [6.45, 7) is 8.48. The van der Waals surface area contributed by atoms with Gasteiger partial charge in [0.15, 0.2) is 0 Å². The standard InChI is InChI=1S/2C27H18O.2C23H16O/c1-17-8-6-15-23-25-21-13-5-3-10-19(21)16-24(27(25)28-26(17)23)22-14-7-11-18-9-2-4-12-20(18)22;1-17-16-19-9-3-5-12-21(19)25-24-15-7-14-23(27(24)28-26(17)25)22-13-6-10-18-8-2-4-11-20(18)22;1-15-8-7-13-19-21-18-12-6-5-11-17(18)14-20(23(21)24-22(15)19)16-9-3-2-4-10-16;1-15-14-17-10-5-6-11-18(17)21-20-13-7-12-19(23(20)24-22(15)21)16-8-3-2-4-9-16/h2*2-16H,1H3;2*2-14H,1H3.